The second-order valence-electron chi connectivity index (χ2n) is 6.53. The van der Waals surface area contributed by atoms with E-state index < -0.39 is 0 Å². The van der Waals surface area contributed by atoms with E-state index in [1.54, 1.807) is 4.90 Å². The van der Waals surface area contributed by atoms with Crippen LogP contribution in [-0.4, -0.2) is 29.9 Å². The van der Waals surface area contributed by atoms with Crippen LogP contribution in [0.15, 0.2) is 53.0 Å². The minimum atomic E-state index is -0.200. The first-order chi connectivity index (χ1) is 12.5. The van der Waals surface area contributed by atoms with Gasteiger partial charge in [-0.25, -0.2) is 4.79 Å². The van der Waals surface area contributed by atoms with Gasteiger partial charge in [-0.15, -0.1) is 0 Å². The maximum atomic E-state index is 12.6. The van der Waals surface area contributed by atoms with Crippen molar-refractivity contribution in [2.75, 3.05) is 23.7 Å². The summed E-state index contributed by atoms with van der Waals surface area (Å²) in [5, 5.41) is 5.86. The summed E-state index contributed by atoms with van der Waals surface area (Å²) in [6.45, 7) is 3.08. The SMILES string of the molecule is Cc1cc(NC(=O)C2CCCN(C(=O)Nc3ccccc3)C2)ccc1Br. The summed E-state index contributed by atoms with van der Waals surface area (Å²) in [5.41, 5.74) is 2.60. The van der Waals surface area contributed by atoms with E-state index in [0.29, 0.717) is 13.1 Å². The summed E-state index contributed by atoms with van der Waals surface area (Å²) in [7, 11) is 0. The lowest BCUT2D eigenvalue weighted by molar-refractivity contribution is -0.121. The molecule has 0 bridgehead atoms. The van der Waals surface area contributed by atoms with E-state index in [-0.39, 0.29) is 17.9 Å². The molecule has 1 unspecified atom stereocenters. The van der Waals surface area contributed by atoms with E-state index in [9.17, 15) is 9.59 Å². The Morgan fingerprint density at radius 3 is 2.58 bits per heavy atom. The van der Waals surface area contributed by atoms with Crippen molar-refractivity contribution in [3.63, 3.8) is 0 Å². The Bertz CT molecular complexity index is 795. The fraction of sp³-hybridized carbons (Fsp3) is 0.300. The molecule has 2 aromatic carbocycles. The number of carbonyl (C=O) groups is 2. The van der Waals surface area contributed by atoms with Crippen molar-refractivity contribution in [2.24, 2.45) is 5.92 Å². The van der Waals surface area contributed by atoms with Crippen LogP contribution >= 0.6 is 15.9 Å². The van der Waals surface area contributed by atoms with Gasteiger partial charge in [-0.2, -0.15) is 0 Å². The molecule has 0 radical (unpaired) electrons. The number of urea groups is 1. The minimum Gasteiger partial charge on any atom is -0.326 e. The molecule has 0 spiro atoms. The van der Waals surface area contributed by atoms with Crippen LogP contribution in [-0.2, 0) is 4.79 Å². The molecule has 3 amide bonds. The van der Waals surface area contributed by atoms with Gasteiger partial charge in [0.25, 0.3) is 0 Å². The van der Waals surface area contributed by atoms with Crippen LogP contribution in [0, 0.1) is 12.8 Å². The molecule has 5 nitrogen and oxygen atoms in total. The van der Waals surface area contributed by atoms with Gasteiger partial charge in [0.1, 0.15) is 0 Å². The van der Waals surface area contributed by atoms with Crippen LogP contribution in [0.3, 0.4) is 0 Å². The summed E-state index contributed by atoms with van der Waals surface area (Å²) in [6.07, 6.45) is 1.61. The lowest BCUT2D eigenvalue weighted by atomic mass is 9.97. The first kappa shape index (κ1) is 18.5. The number of anilines is 2. The molecule has 1 aliphatic heterocycles. The van der Waals surface area contributed by atoms with Crippen LogP contribution in [0.4, 0.5) is 16.2 Å². The molecule has 0 aromatic heterocycles. The smallest absolute Gasteiger partial charge is 0.321 e. The standard InChI is InChI=1S/C20H22BrN3O2/c1-14-12-17(9-10-18(14)21)22-19(25)15-6-5-11-24(13-15)20(26)23-16-7-3-2-4-8-16/h2-4,7-10,12,15H,5-6,11,13H2,1H3,(H,22,25)(H,23,26). The third-order valence-electron chi connectivity index (χ3n) is 4.53. The number of hydrogen-bond acceptors (Lipinski definition) is 2. The number of hydrogen-bond donors (Lipinski definition) is 2. The molecule has 1 saturated heterocycles. The normalized spacial score (nSPS) is 16.8. The van der Waals surface area contributed by atoms with E-state index in [1.807, 2.05) is 55.5 Å². The summed E-state index contributed by atoms with van der Waals surface area (Å²) in [4.78, 5) is 26.8. The Balaban J connectivity index is 1.59. The molecule has 0 aliphatic carbocycles. The molecule has 1 aliphatic rings. The molecular formula is C20H22BrN3O2. The van der Waals surface area contributed by atoms with Gasteiger partial charge in [-0.05, 0) is 55.7 Å². The van der Waals surface area contributed by atoms with Gasteiger partial charge in [-0.1, -0.05) is 34.1 Å². The Morgan fingerprint density at radius 1 is 1.08 bits per heavy atom. The number of nitrogens with zero attached hydrogens (tertiary/aromatic N) is 1. The first-order valence-corrected chi connectivity index (χ1v) is 9.50. The number of carbonyl (C=O) groups excluding carboxylic acids is 2. The lowest BCUT2D eigenvalue weighted by Gasteiger charge is -2.32. The Kier molecular flexibility index (Phi) is 5.93. The van der Waals surface area contributed by atoms with Crippen molar-refractivity contribution >= 4 is 39.2 Å². The average molecular weight is 416 g/mol. The Hall–Kier alpha value is -2.34. The summed E-state index contributed by atoms with van der Waals surface area (Å²) in [5.74, 6) is -0.238. The van der Waals surface area contributed by atoms with Gasteiger partial charge in [0, 0.05) is 28.9 Å². The van der Waals surface area contributed by atoms with Crippen molar-refractivity contribution in [1.29, 1.82) is 0 Å². The number of piperidine rings is 1. The summed E-state index contributed by atoms with van der Waals surface area (Å²) >= 11 is 3.46. The zero-order valence-corrected chi connectivity index (χ0v) is 16.3. The van der Waals surface area contributed by atoms with Crippen LogP contribution in [0.25, 0.3) is 0 Å². The number of aryl methyl sites for hydroxylation is 1. The van der Waals surface area contributed by atoms with E-state index >= 15 is 0 Å². The van der Waals surface area contributed by atoms with Gasteiger partial charge in [0.05, 0.1) is 5.92 Å². The number of nitrogens with one attached hydrogen (secondary N) is 2. The van der Waals surface area contributed by atoms with Crippen molar-refractivity contribution in [1.82, 2.24) is 4.90 Å². The minimum absolute atomic E-state index is 0.0380. The summed E-state index contributed by atoms with van der Waals surface area (Å²) in [6, 6.07) is 14.9. The molecule has 2 aromatic rings. The zero-order valence-electron chi connectivity index (χ0n) is 14.7. The van der Waals surface area contributed by atoms with Gasteiger partial charge in [-0.3, -0.25) is 4.79 Å². The van der Waals surface area contributed by atoms with E-state index in [1.165, 1.54) is 0 Å². The van der Waals surface area contributed by atoms with Crippen LogP contribution in [0.1, 0.15) is 18.4 Å². The van der Waals surface area contributed by atoms with Crippen molar-refractivity contribution in [2.45, 2.75) is 19.8 Å². The molecule has 1 atom stereocenters. The summed E-state index contributed by atoms with van der Waals surface area (Å²) < 4.78 is 1.01. The van der Waals surface area contributed by atoms with Gasteiger partial charge in [0.2, 0.25) is 5.91 Å². The second kappa shape index (κ2) is 8.36. The largest absolute Gasteiger partial charge is 0.326 e. The number of halogens is 1. The molecule has 26 heavy (non-hydrogen) atoms. The maximum absolute atomic E-state index is 12.6. The van der Waals surface area contributed by atoms with Crippen LogP contribution in [0.2, 0.25) is 0 Å². The molecule has 136 valence electrons. The van der Waals surface area contributed by atoms with E-state index in [2.05, 4.69) is 26.6 Å². The number of likely N-dealkylation sites (tertiary alicyclic amines) is 1. The van der Waals surface area contributed by atoms with Gasteiger partial charge in [0.15, 0.2) is 0 Å². The van der Waals surface area contributed by atoms with E-state index in [4.69, 9.17) is 0 Å². The van der Waals surface area contributed by atoms with Crippen molar-refractivity contribution in [3.05, 3.63) is 58.6 Å². The molecular weight excluding hydrogens is 394 g/mol. The Labute approximate surface area is 161 Å². The van der Waals surface area contributed by atoms with Crippen LogP contribution in [0.5, 0.6) is 0 Å². The van der Waals surface area contributed by atoms with Crippen molar-refractivity contribution in [3.8, 4) is 0 Å². The van der Waals surface area contributed by atoms with Crippen molar-refractivity contribution < 1.29 is 9.59 Å². The van der Waals surface area contributed by atoms with E-state index in [0.717, 1.165) is 34.3 Å². The molecule has 1 heterocycles. The van der Waals surface area contributed by atoms with Crippen LogP contribution < -0.4 is 10.6 Å². The fourth-order valence-corrected chi connectivity index (χ4v) is 3.31. The average Bonchev–Trinajstić information content (AvgIpc) is 2.65. The predicted octanol–water partition coefficient (Wildman–Crippen LogP) is 4.64. The first-order valence-electron chi connectivity index (χ1n) is 8.71. The number of benzene rings is 2. The molecule has 6 heteroatoms. The Morgan fingerprint density at radius 2 is 1.85 bits per heavy atom. The van der Waals surface area contributed by atoms with Gasteiger partial charge < -0.3 is 15.5 Å². The molecule has 2 N–H and O–H groups in total. The highest BCUT2D eigenvalue weighted by molar-refractivity contribution is 9.10. The molecule has 1 fully saturated rings. The maximum Gasteiger partial charge on any atom is 0.321 e. The highest BCUT2D eigenvalue weighted by atomic mass is 79.9. The molecule has 0 saturated carbocycles. The number of rotatable bonds is 3. The third-order valence-corrected chi connectivity index (χ3v) is 5.42. The quantitative estimate of drug-likeness (QED) is 0.766. The zero-order chi connectivity index (χ0) is 18.5. The second-order valence-corrected chi connectivity index (χ2v) is 7.39. The molecule has 3 rings (SSSR count). The highest BCUT2D eigenvalue weighted by Crippen LogP contribution is 2.23. The number of para-hydroxylation sites is 1. The van der Waals surface area contributed by atoms with Gasteiger partial charge >= 0.3 is 6.03 Å². The lowest BCUT2D eigenvalue weighted by Crippen LogP contribution is -2.45. The number of amides is 3. The third kappa shape index (κ3) is 4.64. The topological polar surface area (TPSA) is 61.4 Å². The highest BCUT2D eigenvalue weighted by Gasteiger charge is 2.28. The monoisotopic (exact) mass is 415 g/mol. The fourth-order valence-electron chi connectivity index (χ4n) is 3.07. The predicted molar refractivity (Wildman–Crippen MR) is 107 cm³/mol.